The first-order chi connectivity index (χ1) is 9.04. The highest BCUT2D eigenvalue weighted by Gasteiger charge is 2.21. The van der Waals surface area contributed by atoms with Crippen LogP contribution in [0.25, 0.3) is 0 Å². The SMILES string of the molecule is Cc1nc(NCCC(C)C)cc(N2CCC(=O)C2)n1. The van der Waals surface area contributed by atoms with E-state index in [1.165, 1.54) is 0 Å². The van der Waals surface area contributed by atoms with E-state index in [0.717, 1.165) is 37.0 Å². The van der Waals surface area contributed by atoms with Gasteiger partial charge < -0.3 is 10.2 Å². The van der Waals surface area contributed by atoms with E-state index >= 15 is 0 Å². The van der Waals surface area contributed by atoms with Gasteiger partial charge >= 0.3 is 0 Å². The second-order valence-electron chi connectivity index (χ2n) is 5.48. The molecule has 0 unspecified atom stereocenters. The maximum atomic E-state index is 11.3. The van der Waals surface area contributed by atoms with Crippen molar-refractivity contribution in [1.29, 1.82) is 0 Å². The lowest BCUT2D eigenvalue weighted by molar-refractivity contribution is -0.116. The Bertz CT molecular complexity index is 459. The summed E-state index contributed by atoms with van der Waals surface area (Å²) in [5.74, 6) is 3.40. The van der Waals surface area contributed by atoms with Crippen LogP contribution in [0.1, 0.15) is 32.5 Å². The van der Waals surface area contributed by atoms with Crippen molar-refractivity contribution in [3.8, 4) is 0 Å². The molecule has 0 bridgehead atoms. The monoisotopic (exact) mass is 262 g/mol. The van der Waals surface area contributed by atoms with Crippen LogP contribution in [0.5, 0.6) is 0 Å². The average Bonchev–Trinajstić information content (AvgIpc) is 2.75. The summed E-state index contributed by atoms with van der Waals surface area (Å²) in [5, 5.41) is 3.33. The fourth-order valence-corrected chi connectivity index (χ4v) is 2.12. The van der Waals surface area contributed by atoms with Gasteiger partial charge in [-0.15, -0.1) is 0 Å². The summed E-state index contributed by atoms with van der Waals surface area (Å²) in [6, 6.07) is 1.94. The van der Waals surface area contributed by atoms with Crippen molar-refractivity contribution >= 4 is 17.4 Å². The van der Waals surface area contributed by atoms with Gasteiger partial charge in [-0.25, -0.2) is 9.97 Å². The van der Waals surface area contributed by atoms with Crippen LogP contribution in [-0.2, 0) is 4.79 Å². The van der Waals surface area contributed by atoms with Gasteiger partial charge in [0.05, 0.1) is 6.54 Å². The molecule has 0 aliphatic carbocycles. The molecule has 1 fully saturated rings. The number of nitrogens with one attached hydrogen (secondary N) is 1. The first-order valence-corrected chi connectivity index (χ1v) is 6.91. The summed E-state index contributed by atoms with van der Waals surface area (Å²) in [6.45, 7) is 8.44. The molecule has 2 heterocycles. The van der Waals surface area contributed by atoms with Gasteiger partial charge in [0.1, 0.15) is 17.5 Å². The van der Waals surface area contributed by atoms with Crippen molar-refractivity contribution in [2.45, 2.75) is 33.6 Å². The zero-order valence-corrected chi connectivity index (χ0v) is 11.9. The van der Waals surface area contributed by atoms with Crippen molar-refractivity contribution in [3.05, 3.63) is 11.9 Å². The molecule has 104 valence electrons. The molecule has 1 N–H and O–H groups in total. The summed E-state index contributed by atoms with van der Waals surface area (Å²) >= 11 is 0. The smallest absolute Gasteiger partial charge is 0.153 e. The Labute approximate surface area is 114 Å². The van der Waals surface area contributed by atoms with Crippen LogP contribution in [0, 0.1) is 12.8 Å². The van der Waals surface area contributed by atoms with Gasteiger partial charge in [0, 0.05) is 25.6 Å². The van der Waals surface area contributed by atoms with Gasteiger partial charge in [-0.1, -0.05) is 13.8 Å². The van der Waals surface area contributed by atoms with Crippen LogP contribution in [-0.4, -0.2) is 35.4 Å². The number of rotatable bonds is 5. The summed E-state index contributed by atoms with van der Waals surface area (Å²) in [7, 11) is 0. The van der Waals surface area contributed by atoms with Gasteiger partial charge in [-0.05, 0) is 19.3 Å². The van der Waals surface area contributed by atoms with Crippen LogP contribution >= 0.6 is 0 Å². The van der Waals surface area contributed by atoms with E-state index in [4.69, 9.17) is 0 Å². The van der Waals surface area contributed by atoms with Gasteiger partial charge in [-0.2, -0.15) is 0 Å². The molecule has 0 atom stereocenters. The number of carbonyl (C=O) groups is 1. The minimum Gasteiger partial charge on any atom is -0.370 e. The quantitative estimate of drug-likeness (QED) is 0.879. The van der Waals surface area contributed by atoms with Gasteiger partial charge in [0.15, 0.2) is 5.78 Å². The Balaban J connectivity index is 2.04. The molecular formula is C14H22N4O. The first-order valence-electron chi connectivity index (χ1n) is 6.91. The molecule has 0 aromatic carbocycles. The number of hydrogen-bond donors (Lipinski definition) is 1. The number of aryl methyl sites for hydroxylation is 1. The predicted molar refractivity (Wildman–Crippen MR) is 76.6 cm³/mol. The highest BCUT2D eigenvalue weighted by Crippen LogP contribution is 2.19. The molecule has 19 heavy (non-hydrogen) atoms. The number of ketones is 1. The van der Waals surface area contributed by atoms with Crippen molar-refractivity contribution in [1.82, 2.24) is 9.97 Å². The van der Waals surface area contributed by atoms with Crippen molar-refractivity contribution < 1.29 is 4.79 Å². The van der Waals surface area contributed by atoms with E-state index in [1.54, 1.807) is 0 Å². The zero-order valence-electron chi connectivity index (χ0n) is 11.9. The molecule has 1 aliphatic heterocycles. The minimum absolute atomic E-state index is 0.283. The zero-order chi connectivity index (χ0) is 13.8. The molecule has 1 saturated heterocycles. The van der Waals surface area contributed by atoms with E-state index in [0.29, 0.717) is 18.9 Å². The third-order valence-electron chi connectivity index (χ3n) is 3.20. The molecule has 1 aliphatic rings. The van der Waals surface area contributed by atoms with Crippen molar-refractivity contribution in [2.24, 2.45) is 5.92 Å². The average molecular weight is 262 g/mol. The maximum Gasteiger partial charge on any atom is 0.153 e. The Morgan fingerprint density at radius 2 is 2.21 bits per heavy atom. The van der Waals surface area contributed by atoms with Crippen LogP contribution in [0.2, 0.25) is 0 Å². The van der Waals surface area contributed by atoms with E-state index in [-0.39, 0.29) is 5.78 Å². The van der Waals surface area contributed by atoms with E-state index in [2.05, 4.69) is 29.1 Å². The molecule has 0 spiro atoms. The van der Waals surface area contributed by atoms with E-state index in [9.17, 15) is 4.79 Å². The predicted octanol–water partition coefficient (Wildman–Crippen LogP) is 2.02. The fourth-order valence-electron chi connectivity index (χ4n) is 2.12. The molecule has 1 aromatic heterocycles. The third kappa shape index (κ3) is 3.91. The Morgan fingerprint density at radius 1 is 1.42 bits per heavy atom. The second-order valence-corrected chi connectivity index (χ2v) is 5.48. The highest BCUT2D eigenvalue weighted by molar-refractivity contribution is 5.86. The first kappa shape index (κ1) is 13.8. The Morgan fingerprint density at radius 3 is 2.84 bits per heavy atom. The summed E-state index contributed by atoms with van der Waals surface area (Å²) in [4.78, 5) is 22.2. The maximum absolute atomic E-state index is 11.3. The number of Topliss-reactive ketones (excluding diaryl/α,β-unsaturated/α-hetero) is 1. The molecule has 1 aromatic rings. The molecular weight excluding hydrogens is 240 g/mol. The molecule has 0 saturated carbocycles. The molecule has 5 heteroatoms. The third-order valence-corrected chi connectivity index (χ3v) is 3.20. The van der Waals surface area contributed by atoms with Gasteiger partial charge in [0.25, 0.3) is 0 Å². The summed E-state index contributed by atoms with van der Waals surface area (Å²) in [5.41, 5.74) is 0. The number of carbonyl (C=O) groups excluding carboxylic acids is 1. The lowest BCUT2D eigenvalue weighted by atomic mass is 10.1. The number of nitrogens with zero attached hydrogens (tertiary/aromatic N) is 3. The van der Waals surface area contributed by atoms with Crippen LogP contribution in [0.3, 0.4) is 0 Å². The molecule has 0 radical (unpaired) electrons. The van der Waals surface area contributed by atoms with Crippen molar-refractivity contribution in [3.63, 3.8) is 0 Å². The van der Waals surface area contributed by atoms with Gasteiger partial charge in [0.2, 0.25) is 0 Å². The van der Waals surface area contributed by atoms with E-state index in [1.807, 2.05) is 17.9 Å². The normalized spacial score (nSPS) is 15.4. The lowest BCUT2D eigenvalue weighted by Gasteiger charge is -2.17. The molecule has 0 amide bonds. The number of anilines is 2. The number of aromatic nitrogens is 2. The lowest BCUT2D eigenvalue weighted by Crippen LogP contribution is -2.21. The molecule has 5 nitrogen and oxygen atoms in total. The van der Waals surface area contributed by atoms with Crippen LogP contribution in [0.4, 0.5) is 11.6 Å². The topological polar surface area (TPSA) is 58.1 Å². The standard InChI is InChI=1S/C14H22N4O/c1-10(2)4-6-15-13-8-14(17-11(3)16-13)18-7-5-12(19)9-18/h8,10H,4-7,9H2,1-3H3,(H,15,16,17). The largest absolute Gasteiger partial charge is 0.370 e. The Kier molecular flexibility index (Phi) is 4.35. The van der Waals surface area contributed by atoms with Crippen LogP contribution < -0.4 is 10.2 Å². The summed E-state index contributed by atoms with van der Waals surface area (Å²) in [6.07, 6.45) is 1.74. The van der Waals surface area contributed by atoms with Crippen molar-refractivity contribution in [2.75, 3.05) is 29.9 Å². The van der Waals surface area contributed by atoms with E-state index < -0.39 is 0 Å². The summed E-state index contributed by atoms with van der Waals surface area (Å²) < 4.78 is 0. The van der Waals surface area contributed by atoms with Gasteiger partial charge in [-0.3, -0.25) is 4.79 Å². The Hall–Kier alpha value is -1.65. The fraction of sp³-hybridized carbons (Fsp3) is 0.643. The minimum atomic E-state index is 0.283. The molecule has 2 rings (SSSR count). The highest BCUT2D eigenvalue weighted by atomic mass is 16.1. The number of hydrogen-bond acceptors (Lipinski definition) is 5. The second kappa shape index (κ2) is 5.99. The van der Waals surface area contributed by atoms with Crippen LogP contribution in [0.15, 0.2) is 6.07 Å².